The van der Waals surface area contributed by atoms with Gasteiger partial charge in [-0.25, -0.2) is 0 Å². The Morgan fingerprint density at radius 3 is 2.70 bits per heavy atom. The van der Waals surface area contributed by atoms with Crippen molar-refractivity contribution in [3.05, 3.63) is 35.4 Å². The van der Waals surface area contributed by atoms with E-state index in [-0.39, 0.29) is 11.3 Å². The van der Waals surface area contributed by atoms with Crippen molar-refractivity contribution >= 4 is 12.0 Å². The van der Waals surface area contributed by atoms with Gasteiger partial charge in [0.05, 0.1) is 0 Å². The molecule has 0 aromatic heterocycles. The highest BCUT2D eigenvalue weighted by atomic mass is 16.5. The first-order chi connectivity index (χ1) is 9.67. The van der Waals surface area contributed by atoms with Crippen LogP contribution in [0.25, 0.3) is 6.08 Å². The van der Waals surface area contributed by atoms with Crippen LogP contribution in [0.1, 0.15) is 18.4 Å². The molecule has 0 saturated carbocycles. The van der Waals surface area contributed by atoms with E-state index in [1.165, 1.54) is 18.2 Å². The summed E-state index contributed by atoms with van der Waals surface area (Å²) in [6.07, 6.45) is 3.15. The minimum absolute atomic E-state index is 0.0439. The largest absolute Gasteiger partial charge is 0.508 e. The number of hydrogen-bond acceptors (Lipinski definition) is 4. The number of phenols is 1. The molecule has 106 valence electrons. The fourth-order valence-corrected chi connectivity index (χ4v) is 1.55. The number of amides is 1. The third-order valence-electron chi connectivity index (χ3n) is 2.63. The van der Waals surface area contributed by atoms with E-state index in [9.17, 15) is 4.79 Å². The van der Waals surface area contributed by atoms with Crippen molar-refractivity contribution in [1.82, 2.24) is 5.32 Å². The van der Waals surface area contributed by atoms with E-state index in [2.05, 4.69) is 5.32 Å². The summed E-state index contributed by atoms with van der Waals surface area (Å²) in [4.78, 5) is 11.8. The van der Waals surface area contributed by atoms with Gasteiger partial charge in [0.1, 0.15) is 17.4 Å². The van der Waals surface area contributed by atoms with Crippen molar-refractivity contribution in [3.8, 4) is 11.8 Å². The molecule has 0 heterocycles. The highest BCUT2D eigenvalue weighted by molar-refractivity contribution is 6.01. The van der Waals surface area contributed by atoms with E-state index < -0.39 is 5.91 Å². The van der Waals surface area contributed by atoms with Gasteiger partial charge in [-0.2, -0.15) is 5.26 Å². The van der Waals surface area contributed by atoms with E-state index in [1.807, 2.05) is 6.07 Å². The maximum absolute atomic E-state index is 11.8. The summed E-state index contributed by atoms with van der Waals surface area (Å²) in [7, 11) is 1.63. The van der Waals surface area contributed by atoms with E-state index >= 15 is 0 Å². The van der Waals surface area contributed by atoms with Crippen molar-refractivity contribution in [1.29, 1.82) is 5.26 Å². The first-order valence-corrected chi connectivity index (χ1v) is 6.35. The standard InChI is InChI=1S/C15H18N2O3/c1-20-9-3-2-8-17-15(19)13(11-16)10-12-4-6-14(18)7-5-12/h4-7,10,18H,2-3,8-9H2,1H3,(H,17,19)/b13-10+. The smallest absolute Gasteiger partial charge is 0.261 e. The Balaban J connectivity index is 2.55. The van der Waals surface area contributed by atoms with Crippen LogP contribution in [0.5, 0.6) is 5.75 Å². The second kappa shape index (κ2) is 8.73. The highest BCUT2D eigenvalue weighted by Gasteiger charge is 2.07. The van der Waals surface area contributed by atoms with E-state index in [0.717, 1.165) is 12.8 Å². The molecular weight excluding hydrogens is 256 g/mol. The van der Waals surface area contributed by atoms with Gasteiger partial charge in [-0.15, -0.1) is 0 Å². The van der Waals surface area contributed by atoms with Crippen molar-refractivity contribution in [2.24, 2.45) is 0 Å². The van der Waals surface area contributed by atoms with Crippen LogP contribution < -0.4 is 5.32 Å². The maximum Gasteiger partial charge on any atom is 0.261 e. The minimum Gasteiger partial charge on any atom is -0.508 e. The number of carbonyl (C=O) groups is 1. The number of methoxy groups -OCH3 is 1. The fourth-order valence-electron chi connectivity index (χ4n) is 1.55. The molecule has 0 atom stereocenters. The number of rotatable bonds is 7. The molecule has 0 aliphatic rings. The first kappa shape index (κ1) is 15.7. The molecule has 0 saturated heterocycles. The molecule has 1 rings (SSSR count). The molecular formula is C15H18N2O3. The lowest BCUT2D eigenvalue weighted by Crippen LogP contribution is -2.25. The molecule has 0 aliphatic carbocycles. The zero-order chi connectivity index (χ0) is 14.8. The number of hydrogen-bond donors (Lipinski definition) is 2. The van der Waals surface area contributed by atoms with Gasteiger partial charge in [-0.1, -0.05) is 12.1 Å². The predicted octanol–water partition coefficient (Wildman–Crippen LogP) is 1.84. The molecule has 0 spiro atoms. The van der Waals surface area contributed by atoms with Gasteiger partial charge in [0, 0.05) is 20.3 Å². The van der Waals surface area contributed by atoms with Gasteiger partial charge in [0.15, 0.2) is 0 Å². The fraction of sp³-hybridized carbons (Fsp3) is 0.333. The van der Waals surface area contributed by atoms with Crippen LogP contribution in [0.2, 0.25) is 0 Å². The topological polar surface area (TPSA) is 82.3 Å². The Morgan fingerprint density at radius 2 is 2.10 bits per heavy atom. The van der Waals surface area contributed by atoms with Crippen LogP contribution in [0.15, 0.2) is 29.8 Å². The zero-order valence-electron chi connectivity index (χ0n) is 11.4. The molecule has 5 nitrogen and oxygen atoms in total. The second-order valence-corrected chi connectivity index (χ2v) is 4.22. The third kappa shape index (κ3) is 5.55. The van der Waals surface area contributed by atoms with Gasteiger partial charge >= 0.3 is 0 Å². The van der Waals surface area contributed by atoms with Crippen molar-refractivity contribution in [2.75, 3.05) is 20.3 Å². The summed E-state index contributed by atoms with van der Waals surface area (Å²) in [5, 5.41) is 20.9. The molecule has 1 aromatic rings. The van der Waals surface area contributed by atoms with Gasteiger partial charge in [0.25, 0.3) is 5.91 Å². The number of phenolic OH excluding ortho intramolecular Hbond substituents is 1. The SMILES string of the molecule is COCCCCNC(=O)/C(C#N)=C/c1ccc(O)cc1. The first-order valence-electron chi connectivity index (χ1n) is 6.35. The van der Waals surface area contributed by atoms with Crippen LogP contribution in [0.4, 0.5) is 0 Å². The Labute approximate surface area is 118 Å². The van der Waals surface area contributed by atoms with Crippen LogP contribution in [-0.2, 0) is 9.53 Å². The number of carbonyl (C=O) groups excluding carboxylic acids is 1. The maximum atomic E-state index is 11.8. The average molecular weight is 274 g/mol. The average Bonchev–Trinajstić information content (AvgIpc) is 2.46. The summed E-state index contributed by atoms with van der Waals surface area (Å²) in [5.41, 5.74) is 0.733. The monoisotopic (exact) mass is 274 g/mol. The Hall–Kier alpha value is -2.32. The second-order valence-electron chi connectivity index (χ2n) is 4.22. The molecule has 0 aliphatic heterocycles. The van der Waals surface area contributed by atoms with Crippen molar-refractivity contribution in [3.63, 3.8) is 0 Å². The van der Waals surface area contributed by atoms with Crippen LogP contribution in [0, 0.1) is 11.3 Å². The molecule has 1 aromatic carbocycles. The normalized spacial score (nSPS) is 10.9. The summed E-state index contributed by atoms with van der Waals surface area (Å²) in [6, 6.07) is 8.16. The molecule has 20 heavy (non-hydrogen) atoms. The molecule has 0 radical (unpaired) electrons. The number of nitrogens with one attached hydrogen (secondary N) is 1. The van der Waals surface area contributed by atoms with Crippen molar-refractivity contribution < 1.29 is 14.6 Å². The predicted molar refractivity (Wildman–Crippen MR) is 75.8 cm³/mol. The van der Waals surface area contributed by atoms with E-state index in [1.54, 1.807) is 19.2 Å². The summed E-state index contributed by atoms with van der Waals surface area (Å²) in [5.74, 6) is -0.249. The van der Waals surface area contributed by atoms with Crippen LogP contribution in [-0.4, -0.2) is 31.3 Å². The summed E-state index contributed by atoms with van der Waals surface area (Å²) >= 11 is 0. The molecule has 0 fully saturated rings. The molecule has 2 N–H and O–H groups in total. The highest BCUT2D eigenvalue weighted by Crippen LogP contribution is 2.12. The molecule has 5 heteroatoms. The number of benzene rings is 1. The number of unbranched alkanes of at least 4 members (excludes halogenated alkanes) is 1. The quantitative estimate of drug-likeness (QED) is 0.451. The van der Waals surface area contributed by atoms with Crippen molar-refractivity contribution in [2.45, 2.75) is 12.8 Å². The lowest BCUT2D eigenvalue weighted by Gasteiger charge is -2.04. The lowest BCUT2D eigenvalue weighted by molar-refractivity contribution is -0.117. The van der Waals surface area contributed by atoms with E-state index in [0.29, 0.717) is 18.7 Å². The van der Waals surface area contributed by atoms with Gasteiger partial charge < -0.3 is 15.2 Å². The van der Waals surface area contributed by atoms with Gasteiger partial charge in [-0.3, -0.25) is 4.79 Å². The summed E-state index contributed by atoms with van der Waals surface area (Å²) in [6.45, 7) is 1.17. The lowest BCUT2D eigenvalue weighted by atomic mass is 10.1. The van der Waals surface area contributed by atoms with Crippen LogP contribution in [0.3, 0.4) is 0 Å². The Morgan fingerprint density at radius 1 is 1.40 bits per heavy atom. The number of ether oxygens (including phenoxy) is 1. The number of nitriles is 1. The summed E-state index contributed by atoms with van der Waals surface area (Å²) < 4.78 is 4.91. The number of nitrogens with zero attached hydrogens (tertiary/aromatic N) is 1. The van der Waals surface area contributed by atoms with Gasteiger partial charge in [0.2, 0.25) is 0 Å². The van der Waals surface area contributed by atoms with Gasteiger partial charge in [-0.05, 0) is 36.6 Å². The minimum atomic E-state index is -0.391. The molecule has 0 bridgehead atoms. The molecule has 0 unspecified atom stereocenters. The number of aromatic hydroxyl groups is 1. The molecule has 1 amide bonds. The van der Waals surface area contributed by atoms with E-state index in [4.69, 9.17) is 15.1 Å². The zero-order valence-corrected chi connectivity index (χ0v) is 11.4. The van der Waals surface area contributed by atoms with Crippen LogP contribution >= 0.6 is 0 Å². The Kier molecular flexibility index (Phi) is 6.87. The Bertz CT molecular complexity index is 501. The third-order valence-corrected chi connectivity index (χ3v) is 2.63.